The van der Waals surface area contributed by atoms with Gasteiger partial charge in [-0.1, -0.05) is 0 Å². The van der Waals surface area contributed by atoms with Crippen LogP contribution in [-0.2, 0) is 4.79 Å². The largest absolute Gasteiger partial charge is 0.359 e. The van der Waals surface area contributed by atoms with Crippen molar-refractivity contribution in [2.24, 2.45) is 16.8 Å². The fraction of sp³-hybridized carbons (Fsp3) is 0.867. The topological polar surface area (TPSA) is 56.7 Å². The number of rotatable bonds is 5. The van der Waals surface area contributed by atoms with E-state index in [1.165, 1.54) is 12.8 Å². The van der Waals surface area contributed by atoms with E-state index < -0.39 is 0 Å². The average molecular weight is 280 g/mol. The van der Waals surface area contributed by atoms with Crippen LogP contribution in [-0.4, -0.2) is 50.0 Å². The lowest BCUT2D eigenvalue weighted by Gasteiger charge is -2.34. The lowest BCUT2D eigenvalue weighted by Crippen LogP contribution is -2.46. The van der Waals surface area contributed by atoms with Crippen LogP contribution in [0.2, 0.25) is 0 Å². The minimum Gasteiger partial charge on any atom is -0.359 e. The summed E-state index contributed by atoms with van der Waals surface area (Å²) in [5.74, 6) is 2.59. The summed E-state index contributed by atoms with van der Waals surface area (Å²) in [6.45, 7) is 6.03. The Morgan fingerprint density at radius 2 is 1.90 bits per heavy atom. The van der Waals surface area contributed by atoms with E-state index in [2.05, 4.69) is 22.5 Å². The molecule has 1 aliphatic carbocycles. The molecule has 1 amide bonds. The van der Waals surface area contributed by atoms with E-state index in [4.69, 9.17) is 4.99 Å². The summed E-state index contributed by atoms with van der Waals surface area (Å²) in [6, 6.07) is 0. The van der Waals surface area contributed by atoms with Crippen molar-refractivity contribution in [3.05, 3.63) is 0 Å². The highest BCUT2D eigenvalue weighted by molar-refractivity contribution is 5.80. The zero-order valence-corrected chi connectivity index (χ0v) is 12.8. The number of hydrogen-bond acceptors (Lipinski definition) is 2. The van der Waals surface area contributed by atoms with Crippen LogP contribution >= 0.6 is 0 Å². The quantitative estimate of drug-likeness (QED) is 0.588. The summed E-state index contributed by atoms with van der Waals surface area (Å²) in [5, 5.41) is 6.12. The van der Waals surface area contributed by atoms with Crippen molar-refractivity contribution in [2.45, 2.75) is 39.0 Å². The zero-order chi connectivity index (χ0) is 14.4. The molecule has 2 fully saturated rings. The predicted octanol–water partition coefficient (Wildman–Crippen LogP) is 1.21. The number of likely N-dealkylation sites (tertiary alicyclic amines) is 1. The lowest BCUT2D eigenvalue weighted by molar-refractivity contribution is -0.121. The molecule has 0 aromatic rings. The first-order valence-electron chi connectivity index (χ1n) is 7.96. The highest BCUT2D eigenvalue weighted by atomic mass is 16.1. The number of nitrogens with one attached hydrogen (secondary N) is 2. The Labute approximate surface area is 122 Å². The Balaban J connectivity index is 1.80. The van der Waals surface area contributed by atoms with Crippen molar-refractivity contribution in [1.82, 2.24) is 15.5 Å². The minimum atomic E-state index is 0.165. The molecular formula is C15H28N4O. The molecule has 2 N–H and O–H groups in total. The standard InChI is InChI=1S/C15H28N4O/c1-3-17-15(18-11-13-4-5-13)19-8-6-12(7-9-19)10-14(20)16-2/h12-13H,3-11H2,1-2H3,(H,16,20)(H,17,18). The van der Waals surface area contributed by atoms with Gasteiger partial charge in [-0.05, 0) is 44.4 Å². The number of amides is 1. The van der Waals surface area contributed by atoms with Gasteiger partial charge in [-0.2, -0.15) is 0 Å². The third-order valence-corrected chi connectivity index (χ3v) is 4.20. The molecule has 2 rings (SSSR count). The monoisotopic (exact) mass is 280 g/mol. The first-order chi connectivity index (χ1) is 9.72. The molecule has 0 radical (unpaired) electrons. The maximum Gasteiger partial charge on any atom is 0.220 e. The van der Waals surface area contributed by atoms with Gasteiger partial charge in [-0.15, -0.1) is 0 Å². The van der Waals surface area contributed by atoms with Crippen molar-refractivity contribution in [1.29, 1.82) is 0 Å². The first kappa shape index (κ1) is 15.1. The van der Waals surface area contributed by atoms with E-state index in [9.17, 15) is 4.79 Å². The Bertz CT molecular complexity index is 344. The number of carbonyl (C=O) groups is 1. The van der Waals surface area contributed by atoms with Crippen LogP contribution in [0.4, 0.5) is 0 Å². The molecule has 5 heteroatoms. The predicted molar refractivity (Wildman–Crippen MR) is 81.7 cm³/mol. The molecule has 5 nitrogen and oxygen atoms in total. The smallest absolute Gasteiger partial charge is 0.220 e. The summed E-state index contributed by atoms with van der Waals surface area (Å²) < 4.78 is 0. The van der Waals surface area contributed by atoms with E-state index in [1.54, 1.807) is 7.05 Å². The number of aliphatic imine (C=N–C) groups is 1. The van der Waals surface area contributed by atoms with E-state index in [0.29, 0.717) is 12.3 Å². The van der Waals surface area contributed by atoms with Crippen LogP contribution in [0.1, 0.15) is 39.0 Å². The molecule has 0 spiro atoms. The van der Waals surface area contributed by atoms with Gasteiger partial charge in [0.15, 0.2) is 5.96 Å². The van der Waals surface area contributed by atoms with Gasteiger partial charge in [-0.3, -0.25) is 9.79 Å². The molecule has 1 saturated heterocycles. The van der Waals surface area contributed by atoms with Gasteiger partial charge < -0.3 is 15.5 Å². The van der Waals surface area contributed by atoms with Crippen LogP contribution in [0, 0.1) is 11.8 Å². The fourth-order valence-electron chi connectivity index (χ4n) is 2.65. The summed E-state index contributed by atoms with van der Waals surface area (Å²) in [4.78, 5) is 18.5. The van der Waals surface area contributed by atoms with Crippen LogP contribution in [0.25, 0.3) is 0 Å². The number of guanidine groups is 1. The summed E-state index contributed by atoms with van der Waals surface area (Å²) in [6.07, 6.45) is 5.52. The van der Waals surface area contributed by atoms with Crippen molar-refractivity contribution >= 4 is 11.9 Å². The van der Waals surface area contributed by atoms with Gasteiger partial charge in [0, 0.05) is 39.6 Å². The number of carbonyl (C=O) groups excluding carboxylic acids is 1. The van der Waals surface area contributed by atoms with Gasteiger partial charge in [0.1, 0.15) is 0 Å². The highest BCUT2D eigenvalue weighted by Gasteiger charge is 2.24. The lowest BCUT2D eigenvalue weighted by atomic mass is 9.93. The van der Waals surface area contributed by atoms with Gasteiger partial charge >= 0.3 is 0 Å². The van der Waals surface area contributed by atoms with Crippen molar-refractivity contribution in [3.8, 4) is 0 Å². The van der Waals surface area contributed by atoms with Crippen molar-refractivity contribution in [2.75, 3.05) is 33.2 Å². The molecular weight excluding hydrogens is 252 g/mol. The molecule has 1 heterocycles. The number of nitrogens with zero attached hydrogens (tertiary/aromatic N) is 2. The second-order valence-electron chi connectivity index (χ2n) is 5.95. The fourth-order valence-corrected chi connectivity index (χ4v) is 2.65. The third-order valence-electron chi connectivity index (χ3n) is 4.20. The molecule has 20 heavy (non-hydrogen) atoms. The third kappa shape index (κ3) is 4.69. The van der Waals surface area contributed by atoms with Crippen LogP contribution in [0.15, 0.2) is 4.99 Å². The molecule has 0 aromatic carbocycles. The second kappa shape index (κ2) is 7.50. The first-order valence-corrected chi connectivity index (χ1v) is 7.96. The van der Waals surface area contributed by atoms with Crippen molar-refractivity contribution < 1.29 is 4.79 Å². The van der Waals surface area contributed by atoms with Crippen molar-refractivity contribution in [3.63, 3.8) is 0 Å². The summed E-state index contributed by atoms with van der Waals surface area (Å²) in [7, 11) is 1.71. The summed E-state index contributed by atoms with van der Waals surface area (Å²) >= 11 is 0. The molecule has 0 bridgehead atoms. The SMILES string of the molecule is CCNC(=NCC1CC1)N1CCC(CC(=O)NC)CC1. The Kier molecular flexibility index (Phi) is 5.68. The van der Waals surface area contributed by atoms with Gasteiger partial charge in [0.2, 0.25) is 5.91 Å². The number of piperidine rings is 1. The normalized spacial score (nSPS) is 20.9. The molecule has 2 aliphatic rings. The van der Waals surface area contributed by atoms with Crippen LogP contribution in [0.5, 0.6) is 0 Å². The molecule has 0 atom stereocenters. The van der Waals surface area contributed by atoms with Crippen LogP contribution in [0.3, 0.4) is 0 Å². The Hall–Kier alpha value is -1.26. The molecule has 1 saturated carbocycles. The van der Waals surface area contributed by atoms with E-state index in [-0.39, 0.29) is 5.91 Å². The van der Waals surface area contributed by atoms with Gasteiger partial charge in [0.25, 0.3) is 0 Å². The van der Waals surface area contributed by atoms with E-state index >= 15 is 0 Å². The molecule has 0 unspecified atom stereocenters. The zero-order valence-electron chi connectivity index (χ0n) is 12.8. The van der Waals surface area contributed by atoms with Gasteiger partial charge in [-0.25, -0.2) is 0 Å². The highest BCUT2D eigenvalue weighted by Crippen LogP contribution is 2.29. The summed E-state index contributed by atoms with van der Waals surface area (Å²) in [5.41, 5.74) is 0. The Morgan fingerprint density at radius 1 is 1.20 bits per heavy atom. The Morgan fingerprint density at radius 3 is 2.45 bits per heavy atom. The molecule has 114 valence electrons. The van der Waals surface area contributed by atoms with E-state index in [0.717, 1.165) is 50.9 Å². The average Bonchev–Trinajstić information content (AvgIpc) is 3.28. The van der Waals surface area contributed by atoms with Crippen LogP contribution < -0.4 is 10.6 Å². The second-order valence-corrected chi connectivity index (χ2v) is 5.95. The molecule has 0 aromatic heterocycles. The van der Waals surface area contributed by atoms with Gasteiger partial charge in [0.05, 0.1) is 0 Å². The minimum absolute atomic E-state index is 0.165. The maximum atomic E-state index is 11.4. The van der Waals surface area contributed by atoms with E-state index in [1.807, 2.05) is 0 Å². The maximum absolute atomic E-state index is 11.4. The molecule has 1 aliphatic heterocycles. The number of hydrogen-bond donors (Lipinski definition) is 2.